The molecule has 0 saturated heterocycles. The fourth-order valence-corrected chi connectivity index (χ4v) is 1.57. The molecule has 0 fully saturated rings. The van der Waals surface area contributed by atoms with Crippen molar-refractivity contribution in [1.29, 1.82) is 0 Å². The van der Waals surface area contributed by atoms with Crippen LogP contribution in [0.4, 0.5) is 22.0 Å². The Labute approximate surface area is 103 Å². The summed E-state index contributed by atoms with van der Waals surface area (Å²) in [6, 6.07) is 1.65. The molecule has 0 aliphatic rings. The molecule has 2 nitrogen and oxygen atoms in total. The number of benzene rings is 2. The van der Waals surface area contributed by atoms with E-state index in [1.807, 2.05) is 0 Å². The second-order valence-electron chi connectivity index (χ2n) is 3.64. The highest BCUT2D eigenvalue weighted by Crippen LogP contribution is 2.37. The molecule has 2 aromatic rings. The molecule has 0 amide bonds. The normalized spacial score (nSPS) is 10.8. The number of hydrogen-bond acceptors (Lipinski definition) is 2. The molecule has 2 aromatic carbocycles. The SMILES string of the molecule is Oc1ccc(-c2c(O)cc(F)c(F)c2F)c(F)c1F. The third-order valence-electron chi connectivity index (χ3n) is 2.47. The summed E-state index contributed by atoms with van der Waals surface area (Å²) in [6.45, 7) is 0. The second kappa shape index (κ2) is 4.42. The second-order valence-corrected chi connectivity index (χ2v) is 3.64. The summed E-state index contributed by atoms with van der Waals surface area (Å²) in [5.41, 5.74) is -1.88. The van der Waals surface area contributed by atoms with Crippen LogP contribution in [0.1, 0.15) is 0 Å². The fourth-order valence-electron chi connectivity index (χ4n) is 1.57. The van der Waals surface area contributed by atoms with Crippen LogP contribution in [0.15, 0.2) is 18.2 Å². The van der Waals surface area contributed by atoms with E-state index in [2.05, 4.69) is 0 Å². The predicted molar refractivity (Wildman–Crippen MR) is 55.0 cm³/mol. The number of phenolic OH excluding ortho intramolecular Hbond substituents is 2. The predicted octanol–water partition coefficient (Wildman–Crippen LogP) is 3.46. The van der Waals surface area contributed by atoms with Gasteiger partial charge < -0.3 is 10.2 Å². The van der Waals surface area contributed by atoms with Gasteiger partial charge in [0.05, 0.1) is 5.56 Å². The summed E-state index contributed by atoms with van der Waals surface area (Å²) >= 11 is 0. The topological polar surface area (TPSA) is 40.5 Å². The van der Waals surface area contributed by atoms with E-state index in [0.717, 1.165) is 6.07 Å². The van der Waals surface area contributed by atoms with Crippen LogP contribution in [0.5, 0.6) is 11.5 Å². The van der Waals surface area contributed by atoms with Crippen molar-refractivity contribution < 1.29 is 32.2 Å². The Kier molecular flexibility index (Phi) is 3.05. The third-order valence-corrected chi connectivity index (χ3v) is 2.47. The first kappa shape index (κ1) is 13.1. The van der Waals surface area contributed by atoms with Gasteiger partial charge in [-0.25, -0.2) is 17.6 Å². The van der Waals surface area contributed by atoms with E-state index in [1.54, 1.807) is 0 Å². The van der Waals surface area contributed by atoms with Crippen molar-refractivity contribution in [3.05, 3.63) is 47.3 Å². The van der Waals surface area contributed by atoms with Crippen LogP contribution in [0.3, 0.4) is 0 Å². The van der Waals surface area contributed by atoms with E-state index in [1.165, 1.54) is 0 Å². The molecule has 0 radical (unpaired) electrons. The molecule has 0 aliphatic heterocycles. The minimum absolute atomic E-state index is 0.234. The van der Waals surface area contributed by atoms with Crippen molar-refractivity contribution in [3.63, 3.8) is 0 Å². The van der Waals surface area contributed by atoms with E-state index in [4.69, 9.17) is 5.11 Å². The molecule has 7 heteroatoms. The van der Waals surface area contributed by atoms with E-state index < -0.39 is 51.7 Å². The summed E-state index contributed by atoms with van der Waals surface area (Å²) in [5.74, 6) is -11.0. The average Bonchev–Trinajstić information content (AvgIpc) is 2.36. The van der Waals surface area contributed by atoms with Gasteiger partial charge in [0.15, 0.2) is 29.0 Å². The van der Waals surface area contributed by atoms with Gasteiger partial charge in [0.25, 0.3) is 0 Å². The summed E-state index contributed by atoms with van der Waals surface area (Å²) in [6.07, 6.45) is 0. The Morgan fingerprint density at radius 1 is 0.684 bits per heavy atom. The molecule has 0 bridgehead atoms. The van der Waals surface area contributed by atoms with Gasteiger partial charge in [0.2, 0.25) is 5.82 Å². The molecule has 2 N–H and O–H groups in total. The minimum atomic E-state index is -1.93. The highest BCUT2D eigenvalue weighted by Gasteiger charge is 2.24. The average molecular weight is 276 g/mol. The zero-order chi connectivity index (χ0) is 14.3. The lowest BCUT2D eigenvalue weighted by Crippen LogP contribution is -1.98. The molecule has 19 heavy (non-hydrogen) atoms. The molecular formula is C12H5F5O2. The van der Waals surface area contributed by atoms with Gasteiger partial charge in [-0.05, 0) is 12.1 Å². The lowest BCUT2D eigenvalue weighted by atomic mass is 10.0. The van der Waals surface area contributed by atoms with Crippen molar-refractivity contribution in [3.8, 4) is 22.6 Å². The molecule has 100 valence electrons. The largest absolute Gasteiger partial charge is 0.507 e. The van der Waals surface area contributed by atoms with Gasteiger partial charge in [-0.1, -0.05) is 0 Å². The Morgan fingerprint density at radius 2 is 1.32 bits per heavy atom. The maximum Gasteiger partial charge on any atom is 0.200 e. The molecule has 0 aromatic heterocycles. The number of rotatable bonds is 1. The van der Waals surface area contributed by atoms with E-state index in [9.17, 15) is 27.1 Å². The monoisotopic (exact) mass is 276 g/mol. The van der Waals surface area contributed by atoms with Crippen LogP contribution in [0.25, 0.3) is 11.1 Å². The molecule has 2 rings (SSSR count). The maximum atomic E-state index is 13.5. The Bertz CT molecular complexity index is 670. The van der Waals surface area contributed by atoms with Gasteiger partial charge in [0.1, 0.15) is 5.75 Å². The maximum absolute atomic E-state index is 13.5. The molecule has 0 saturated carbocycles. The highest BCUT2D eigenvalue weighted by atomic mass is 19.2. The fraction of sp³-hybridized carbons (Fsp3) is 0. The standard InChI is InChI=1S/C12H5F5O2/c13-5-3-7(19)8(12(17)10(5)15)4-1-2-6(18)11(16)9(4)14/h1-3,18-19H. The Balaban J connectivity index is 2.80. The van der Waals surface area contributed by atoms with Crippen LogP contribution >= 0.6 is 0 Å². The van der Waals surface area contributed by atoms with Crippen molar-refractivity contribution in [1.82, 2.24) is 0 Å². The van der Waals surface area contributed by atoms with Crippen molar-refractivity contribution in [2.24, 2.45) is 0 Å². The smallest absolute Gasteiger partial charge is 0.200 e. The van der Waals surface area contributed by atoms with Gasteiger partial charge in [-0.15, -0.1) is 0 Å². The quantitative estimate of drug-likeness (QED) is 0.618. The van der Waals surface area contributed by atoms with Crippen molar-refractivity contribution in [2.45, 2.75) is 0 Å². The lowest BCUT2D eigenvalue weighted by molar-refractivity contribution is 0.405. The van der Waals surface area contributed by atoms with Gasteiger partial charge >= 0.3 is 0 Å². The van der Waals surface area contributed by atoms with E-state index in [0.29, 0.717) is 6.07 Å². The molecule has 0 heterocycles. The summed E-state index contributed by atoms with van der Waals surface area (Å²) in [5, 5.41) is 18.2. The Morgan fingerprint density at radius 3 is 1.95 bits per heavy atom. The van der Waals surface area contributed by atoms with Crippen LogP contribution in [-0.4, -0.2) is 10.2 Å². The first-order valence-corrected chi connectivity index (χ1v) is 4.88. The van der Waals surface area contributed by atoms with E-state index in [-0.39, 0.29) is 6.07 Å². The Hall–Kier alpha value is -2.31. The van der Waals surface area contributed by atoms with Crippen LogP contribution in [0, 0.1) is 29.1 Å². The summed E-state index contributed by atoms with van der Waals surface area (Å²) < 4.78 is 66.0. The number of phenols is 2. The first-order valence-electron chi connectivity index (χ1n) is 4.88. The zero-order valence-electron chi connectivity index (χ0n) is 9.02. The molecule has 0 unspecified atom stereocenters. The summed E-state index contributed by atoms with van der Waals surface area (Å²) in [7, 11) is 0. The van der Waals surface area contributed by atoms with Crippen LogP contribution in [-0.2, 0) is 0 Å². The van der Waals surface area contributed by atoms with Gasteiger partial charge in [-0.3, -0.25) is 0 Å². The van der Waals surface area contributed by atoms with Gasteiger partial charge in [-0.2, -0.15) is 4.39 Å². The molecule has 0 atom stereocenters. The zero-order valence-corrected chi connectivity index (χ0v) is 9.02. The van der Waals surface area contributed by atoms with Crippen molar-refractivity contribution >= 4 is 0 Å². The lowest BCUT2D eigenvalue weighted by Gasteiger charge is -2.10. The molecular weight excluding hydrogens is 271 g/mol. The third kappa shape index (κ3) is 1.96. The molecule has 0 aliphatic carbocycles. The number of hydrogen-bond donors (Lipinski definition) is 2. The van der Waals surface area contributed by atoms with Crippen LogP contribution < -0.4 is 0 Å². The number of halogens is 5. The number of aromatic hydroxyl groups is 2. The highest BCUT2D eigenvalue weighted by molar-refractivity contribution is 5.72. The van der Waals surface area contributed by atoms with E-state index >= 15 is 0 Å². The summed E-state index contributed by atoms with van der Waals surface area (Å²) in [4.78, 5) is 0. The van der Waals surface area contributed by atoms with Crippen LogP contribution in [0.2, 0.25) is 0 Å². The minimum Gasteiger partial charge on any atom is -0.507 e. The van der Waals surface area contributed by atoms with Crippen molar-refractivity contribution in [2.75, 3.05) is 0 Å². The first-order chi connectivity index (χ1) is 8.84. The van der Waals surface area contributed by atoms with Gasteiger partial charge in [0, 0.05) is 11.6 Å². The molecule has 0 spiro atoms.